The van der Waals surface area contributed by atoms with Crippen LogP contribution in [0.3, 0.4) is 0 Å². The third kappa shape index (κ3) is 5.83. The Hall–Kier alpha value is -0.120. The van der Waals surface area contributed by atoms with E-state index < -0.39 is 0 Å². The van der Waals surface area contributed by atoms with Crippen molar-refractivity contribution >= 4 is 0 Å². The molecule has 0 aromatic heterocycles. The molecule has 0 saturated carbocycles. The number of hydrogen-bond acceptors (Lipinski definition) is 3. The monoisotopic (exact) mass is 228 g/mol. The zero-order chi connectivity index (χ0) is 11.8. The van der Waals surface area contributed by atoms with Gasteiger partial charge in [-0.3, -0.25) is 0 Å². The van der Waals surface area contributed by atoms with Gasteiger partial charge in [-0.1, -0.05) is 6.92 Å². The van der Waals surface area contributed by atoms with Crippen molar-refractivity contribution in [3.05, 3.63) is 0 Å². The van der Waals surface area contributed by atoms with Crippen LogP contribution in [0.15, 0.2) is 0 Å². The molecule has 0 bridgehead atoms. The Morgan fingerprint density at radius 3 is 2.69 bits per heavy atom. The third-order valence-electron chi connectivity index (χ3n) is 3.37. The summed E-state index contributed by atoms with van der Waals surface area (Å²) in [5.41, 5.74) is 0. The maximum atomic E-state index is 5.38. The van der Waals surface area contributed by atoms with E-state index in [1.807, 2.05) is 6.92 Å². The quantitative estimate of drug-likeness (QED) is 0.718. The molecule has 1 saturated heterocycles. The molecule has 1 rings (SSSR count). The van der Waals surface area contributed by atoms with Crippen LogP contribution < -0.4 is 5.32 Å². The van der Waals surface area contributed by atoms with E-state index in [1.54, 1.807) is 0 Å². The summed E-state index contributed by atoms with van der Waals surface area (Å²) in [6.07, 6.45) is 2.74. The second-order valence-corrected chi connectivity index (χ2v) is 5.04. The van der Waals surface area contributed by atoms with Gasteiger partial charge in [0.15, 0.2) is 0 Å². The highest BCUT2D eigenvalue weighted by Gasteiger charge is 2.14. The molecule has 1 heterocycles. The summed E-state index contributed by atoms with van der Waals surface area (Å²) in [4.78, 5) is 2.57. The number of ether oxygens (including phenoxy) is 1. The fraction of sp³-hybridized carbons (Fsp3) is 1.00. The second kappa shape index (κ2) is 8.04. The highest BCUT2D eigenvalue weighted by atomic mass is 16.5. The lowest BCUT2D eigenvalue weighted by molar-refractivity contribution is 0.124. The molecule has 1 N–H and O–H groups in total. The first-order valence-corrected chi connectivity index (χ1v) is 6.75. The van der Waals surface area contributed by atoms with Crippen molar-refractivity contribution in [3.8, 4) is 0 Å². The van der Waals surface area contributed by atoms with Crippen LogP contribution in [0.25, 0.3) is 0 Å². The molecule has 0 amide bonds. The lowest BCUT2D eigenvalue weighted by Gasteiger charge is -2.30. The van der Waals surface area contributed by atoms with Crippen LogP contribution >= 0.6 is 0 Å². The first-order valence-electron chi connectivity index (χ1n) is 6.75. The van der Waals surface area contributed by atoms with Crippen molar-refractivity contribution in [3.63, 3.8) is 0 Å². The lowest BCUT2D eigenvalue weighted by Crippen LogP contribution is -2.40. The largest absolute Gasteiger partial charge is 0.380 e. The second-order valence-electron chi connectivity index (χ2n) is 5.04. The molecule has 1 fully saturated rings. The van der Waals surface area contributed by atoms with Gasteiger partial charge in [-0.25, -0.2) is 0 Å². The molecule has 1 aliphatic heterocycles. The van der Waals surface area contributed by atoms with E-state index in [0.29, 0.717) is 6.04 Å². The number of hydrogen-bond donors (Lipinski definition) is 1. The van der Waals surface area contributed by atoms with Crippen LogP contribution in [0.2, 0.25) is 0 Å². The van der Waals surface area contributed by atoms with Gasteiger partial charge >= 0.3 is 0 Å². The van der Waals surface area contributed by atoms with Crippen LogP contribution in [0.1, 0.15) is 33.6 Å². The summed E-state index contributed by atoms with van der Waals surface area (Å²) in [6.45, 7) is 13.1. The third-order valence-corrected chi connectivity index (χ3v) is 3.37. The molecule has 96 valence electrons. The minimum Gasteiger partial charge on any atom is -0.380 e. The van der Waals surface area contributed by atoms with Crippen LogP contribution in [0.4, 0.5) is 0 Å². The molecule has 3 heteroatoms. The summed E-state index contributed by atoms with van der Waals surface area (Å²) >= 11 is 0. The van der Waals surface area contributed by atoms with Crippen molar-refractivity contribution in [1.82, 2.24) is 10.2 Å². The van der Waals surface area contributed by atoms with Crippen LogP contribution in [-0.4, -0.2) is 50.3 Å². The zero-order valence-corrected chi connectivity index (χ0v) is 11.2. The summed E-state index contributed by atoms with van der Waals surface area (Å²) in [7, 11) is 0. The topological polar surface area (TPSA) is 24.5 Å². The van der Waals surface area contributed by atoms with Gasteiger partial charge in [-0.05, 0) is 45.7 Å². The van der Waals surface area contributed by atoms with Crippen LogP contribution in [0.5, 0.6) is 0 Å². The summed E-state index contributed by atoms with van der Waals surface area (Å²) in [5, 5.41) is 3.51. The first-order chi connectivity index (χ1) is 7.72. The molecule has 0 aromatic carbocycles. The number of rotatable bonds is 7. The predicted octanol–water partition coefficient (Wildman–Crippen LogP) is 1.73. The number of likely N-dealkylation sites (tertiary alicyclic amines) is 1. The summed E-state index contributed by atoms with van der Waals surface area (Å²) in [5.74, 6) is 0.932. The van der Waals surface area contributed by atoms with E-state index >= 15 is 0 Å². The molecule has 0 aliphatic carbocycles. The smallest absolute Gasteiger partial charge is 0.0616 e. The van der Waals surface area contributed by atoms with Gasteiger partial charge in [0, 0.05) is 25.7 Å². The molecule has 0 spiro atoms. The molecular formula is C13H28N2O. The van der Waals surface area contributed by atoms with E-state index in [1.165, 1.54) is 32.5 Å². The van der Waals surface area contributed by atoms with Gasteiger partial charge in [0.05, 0.1) is 6.61 Å². The maximum absolute atomic E-state index is 5.38. The van der Waals surface area contributed by atoms with Crippen molar-refractivity contribution in [2.24, 2.45) is 5.92 Å². The van der Waals surface area contributed by atoms with Gasteiger partial charge in [0.1, 0.15) is 0 Å². The molecule has 1 unspecified atom stereocenters. The van der Waals surface area contributed by atoms with E-state index in [4.69, 9.17) is 4.74 Å². The Labute approximate surface area is 101 Å². The Kier molecular flexibility index (Phi) is 7.01. The fourth-order valence-electron chi connectivity index (χ4n) is 2.11. The number of nitrogens with zero attached hydrogens (tertiary/aromatic N) is 1. The number of piperidine rings is 1. The van der Waals surface area contributed by atoms with Gasteiger partial charge in [-0.15, -0.1) is 0 Å². The molecule has 3 nitrogen and oxygen atoms in total. The highest BCUT2D eigenvalue weighted by molar-refractivity contribution is 4.70. The van der Waals surface area contributed by atoms with Crippen molar-refractivity contribution in [2.75, 3.05) is 39.4 Å². The summed E-state index contributed by atoms with van der Waals surface area (Å²) in [6, 6.07) is 0.476. The van der Waals surface area contributed by atoms with E-state index in [9.17, 15) is 0 Å². The average Bonchev–Trinajstić information content (AvgIpc) is 2.29. The lowest BCUT2D eigenvalue weighted by atomic mass is 9.99. The van der Waals surface area contributed by atoms with Gasteiger partial charge < -0.3 is 15.0 Å². The summed E-state index contributed by atoms with van der Waals surface area (Å²) < 4.78 is 5.38. The Bertz CT molecular complexity index is 167. The van der Waals surface area contributed by atoms with Gasteiger partial charge in [-0.2, -0.15) is 0 Å². The first kappa shape index (κ1) is 13.9. The predicted molar refractivity (Wildman–Crippen MR) is 68.8 cm³/mol. The molecule has 0 aromatic rings. The molecular weight excluding hydrogens is 200 g/mol. The average molecular weight is 228 g/mol. The Morgan fingerprint density at radius 2 is 2.06 bits per heavy atom. The molecule has 1 atom stereocenters. The zero-order valence-electron chi connectivity index (χ0n) is 11.2. The SMILES string of the molecule is CCOCC(C)NCCN1CCC(C)CC1. The molecule has 0 radical (unpaired) electrons. The van der Waals surface area contributed by atoms with Crippen molar-refractivity contribution in [1.29, 1.82) is 0 Å². The van der Waals surface area contributed by atoms with E-state index in [2.05, 4.69) is 24.1 Å². The fourth-order valence-corrected chi connectivity index (χ4v) is 2.11. The number of nitrogens with one attached hydrogen (secondary N) is 1. The van der Waals surface area contributed by atoms with Crippen LogP contribution in [0, 0.1) is 5.92 Å². The van der Waals surface area contributed by atoms with E-state index in [-0.39, 0.29) is 0 Å². The maximum Gasteiger partial charge on any atom is 0.0616 e. The minimum absolute atomic E-state index is 0.476. The van der Waals surface area contributed by atoms with Crippen molar-refractivity contribution in [2.45, 2.75) is 39.7 Å². The van der Waals surface area contributed by atoms with Gasteiger partial charge in [0.2, 0.25) is 0 Å². The Balaban J connectivity index is 1.98. The standard InChI is InChI=1S/C13H28N2O/c1-4-16-11-13(3)14-7-10-15-8-5-12(2)6-9-15/h12-14H,4-11H2,1-3H3. The van der Waals surface area contributed by atoms with Crippen molar-refractivity contribution < 1.29 is 4.74 Å². The Morgan fingerprint density at radius 1 is 1.38 bits per heavy atom. The van der Waals surface area contributed by atoms with E-state index in [0.717, 1.165) is 25.7 Å². The molecule has 16 heavy (non-hydrogen) atoms. The normalized spacial score (nSPS) is 21.2. The van der Waals surface area contributed by atoms with Crippen LogP contribution in [-0.2, 0) is 4.74 Å². The molecule has 1 aliphatic rings. The highest BCUT2D eigenvalue weighted by Crippen LogP contribution is 2.14. The minimum atomic E-state index is 0.476. The van der Waals surface area contributed by atoms with Gasteiger partial charge in [0.25, 0.3) is 0 Å².